The molecule has 2 aliphatic carbocycles. The van der Waals surface area contributed by atoms with Gasteiger partial charge in [0.2, 0.25) is 0 Å². The molecule has 0 aliphatic heterocycles. The van der Waals surface area contributed by atoms with Crippen molar-refractivity contribution in [3.63, 3.8) is 0 Å². The topological polar surface area (TPSA) is 47.6 Å². The highest BCUT2D eigenvalue weighted by Gasteiger charge is 2.42. The summed E-state index contributed by atoms with van der Waals surface area (Å²) < 4.78 is 12.1. The molecule has 1 aromatic rings. The Balaban J connectivity index is 1.68. The molecular weight excluding hydrogens is 326 g/mol. The molecule has 0 aromatic heterocycles. The summed E-state index contributed by atoms with van der Waals surface area (Å²) in [6.45, 7) is 6.78. The molecule has 2 saturated carbocycles. The molecule has 0 radical (unpaired) electrons. The van der Waals surface area contributed by atoms with E-state index in [1.807, 2.05) is 32.0 Å². The fourth-order valence-electron chi connectivity index (χ4n) is 4.47. The summed E-state index contributed by atoms with van der Waals surface area (Å²) in [5, 5.41) is 3.10. The Morgan fingerprint density at radius 3 is 2.65 bits per heavy atom. The van der Waals surface area contributed by atoms with E-state index < -0.39 is 5.60 Å². The van der Waals surface area contributed by atoms with Gasteiger partial charge in [-0.25, -0.2) is 0 Å². The summed E-state index contributed by atoms with van der Waals surface area (Å²) >= 11 is 0. The van der Waals surface area contributed by atoms with Gasteiger partial charge in [0.05, 0.1) is 6.10 Å². The van der Waals surface area contributed by atoms with Gasteiger partial charge in [0.15, 0.2) is 0 Å². The molecule has 1 aromatic carbocycles. The predicted octanol–water partition coefficient (Wildman–Crippen LogP) is 5.24. The number of aryl methyl sites for hydroxylation is 1. The Morgan fingerprint density at radius 1 is 1.23 bits per heavy atom. The maximum atomic E-state index is 13.0. The zero-order valence-electron chi connectivity index (χ0n) is 16.5. The number of carbonyl (C=O) groups is 1. The van der Waals surface area contributed by atoms with Crippen LogP contribution in [-0.2, 0) is 9.53 Å². The smallest absolute Gasteiger partial charge is 0.256 e. The molecule has 0 spiro atoms. The van der Waals surface area contributed by atoms with Crippen LogP contribution in [0.25, 0.3) is 0 Å². The first-order chi connectivity index (χ1) is 12.5. The molecule has 1 N–H and O–H groups in total. The van der Waals surface area contributed by atoms with Gasteiger partial charge in [-0.05, 0) is 88.5 Å². The molecule has 26 heavy (non-hydrogen) atoms. The summed E-state index contributed by atoms with van der Waals surface area (Å²) in [6.07, 6.45) is 8.98. The third kappa shape index (κ3) is 4.40. The molecule has 0 bridgehead atoms. The average molecular weight is 360 g/mol. The lowest BCUT2D eigenvalue weighted by molar-refractivity contribution is -0.147. The van der Waals surface area contributed by atoms with Gasteiger partial charge >= 0.3 is 0 Å². The van der Waals surface area contributed by atoms with E-state index in [1.54, 1.807) is 0 Å². The number of anilines is 1. The van der Waals surface area contributed by atoms with Gasteiger partial charge < -0.3 is 14.8 Å². The molecule has 0 saturated heterocycles. The molecule has 0 heterocycles. The fourth-order valence-corrected chi connectivity index (χ4v) is 4.47. The molecule has 144 valence electrons. The molecule has 2 aliphatic rings. The zero-order valence-corrected chi connectivity index (χ0v) is 16.5. The van der Waals surface area contributed by atoms with Crippen LogP contribution < -0.4 is 10.1 Å². The lowest BCUT2D eigenvalue weighted by Gasteiger charge is -2.38. The second-order valence-electron chi connectivity index (χ2n) is 8.09. The quantitative estimate of drug-likeness (QED) is 0.755. The van der Waals surface area contributed by atoms with Crippen molar-refractivity contribution in [1.29, 1.82) is 0 Å². The number of benzene rings is 1. The van der Waals surface area contributed by atoms with Crippen molar-refractivity contribution in [3.05, 3.63) is 23.8 Å². The first-order valence-electron chi connectivity index (χ1n) is 10.2. The largest absolute Gasteiger partial charge is 0.490 e. The van der Waals surface area contributed by atoms with Crippen LogP contribution in [0.3, 0.4) is 0 Å². The normalized spacial score (nSPS) is 26.7. The van der Waals surface area contributed by atoms with Gasteiger partial charge in [-0.1, -0.05) is 13.3 Å². The minimum absolute atomic E-state index is 0.00485. The van der Waals surface area contributed by atoms with E-state index in [4.69, 9.17) is 9.47 Å². The maximum absolute atomic E-state index is 13.0. The van der Waals surface area contributed by atoms with Crippen LogP contribution in [0, 0.1) is 12.8 Å². The highest BCUT2D eigenvalue weighted by Crippen LogP contribution is 2.36. The van der Waals surface area contributed by atoms with Gasteiger partial charge in [-0.15, -0.1) is 0 Å². The molecular formula is C22H33NO3. The first kappa shape index (κ1) is 19.2. The van der Waals surface area contributed by atoms with Crippen molar-refractivity contribution >= 4 is 11.6 Å². The predicted molar refractivity (Wildman–Crippen MR) is 105 cm³/mol. The van der Waals surface area contributed by atoms with Crippen molar-refractivity contribution in [3.8, 4) is 5.75 Å². The molecule has 4 nitrogen and oxygen atoms in total. The summed E-state index contributed by atoms with van der Waals surface area (Å²) in [5.74, 6) is 1.44. The summed E-state index contributed by atoms with van der Waals surface area (Å²) in [5.41, 5.74) is 1.21. The lowest BCUT2D eigenvalue weighted by atomic mass is 9.78. The summed E-state index contributed by atoms with van der Waals surface area (Å²) in [6, 6.07) is 5.94. The van der Waals surface area contributed by atoms with E-state index in [1.165, 1.54) is 19.3 Å². The van der Waals surface area contributed by atoms with E-state index in [0.29, 0.717) is 18.6 Å². The number of rotatable bonds is 6. The number of amides is 1. The van der Waals surface area contributed by atoms with Crippen molar-refractivity contribution in [2.45, 2.75) is 83.8 Å². The molecule has 2 atom stereocenters. The van der Waals surface area contributed by atoms with Crippen LogP contribution in [0.2, 0.25) is 0 Å². The van der Waals surface area contributed by atoms with E-state index in [0.717, 1.165) is 49.1 Å². The average Bonchev–Trinajstić information content (AvgIpc) is 3.11. The molecule has 3 rings (SSSR count). The molecule has 1 amide bonds. The Bertz CT molecular complexity index is 620. The number of carbonyl (C=O) groups excluding carboxylic acids is 1. The standard InChI is InChI=1S/C22H33NO3/c1-4-25-22(13-7-8-16(2)15-22)21(24)23-18-11-12-20(17(3)14-18)26-19-9-5-6-10-19/h11-12,14,16,19H,4-10,13,15H2,1-3H3,(H,23,24). The fraction of sp³-hybridized carbons (Fsp3) is 0.682. The van der Waals surface area contributed by atoms with E-state index in [9.17, 15) is 4.79 Å². The molecule has 4 heteroatoms. The van der Waals surface area contributed by atoms with Gasteiger partial charge in [0.25, 0.3) is 5.91 Å². The van der Waals surface area contributed by atoms with E-state index >= 15 is 0 Å². The third-order valence-corrected chi connectivity index (χ3v) is 5.82. The summed E-state index contributed by atoms with van der Waals surface area (Å²) in [4.78, 5) is 13.0. The summed E-state index contributed by atoms with van der Waals surface area (Å²) in [7, 11) is 0. The van der Waals surface area contributed by atoms with Crippen molar-refractivity contribution in [2.75, 3.05) is 11.9 Å². The van der Waals surface area contributed by atoms with Crippen LogP contribution in [0.5, 0.6) is 5.75 Å². The highest BCUT2D eigenvalue weighted by atomic mass is 16.5. The second-order valence-corrected chi connectivity index (χ2v) is 8.09. The number of hydrogen-bond acceptors (Lipinski definition) is 3. The minimum atomic E-state index is -0.681. The molecule has 2 fully saturated rings. The van der Waals surface area contributed by atoms with E-state index in [-0.39, 0.29) is 5.91 Å². The van der Waals surface area contributed by atoms with Gasteiger partial charge in [-0.3, -0.25) is 4.79 Å². The Morgan fingerprint density at radius 2 is 2.00 bits per heavy atom. The van der Waals surface area contributed by atoms with Crippen LogP contribution in [-0.4, -0.2) is 24.2 Å². The third-order valence-electron chi connectivity index (χ3n) is 5.82. The highest BCUT2D eigenvalue weighted by molar-refractivity contribution is 5.97. The first-order valence-corrected chi connectivity index (χ1v) is 10.2. The van der Waals surface area contributed by atoms with Crippen LogP contribution in [0.1, 0.15) is 70.8 Å². The van der Waals surface area contributed by atoms with Gasteiger partial charge in [0, 0.05) is 12.3 Å². The van der Waals surface area contributed by atoms with Gasteiger partial charge in [0.1, 0.15) is 11.4 Å². The minimum Gasteiger partial charge on any atom is -0.490 e. The second kappa shape index (κ2) is 8.43. The Hall–Kier alpha value is -1.55. The SMILES string of the molecule is CCOC1(C(=O)Nc2ccc(OC3CCCC3)c(C)c2)CCCC(C)C1. The number of hydrogen-bond donors (Lipinski definition) is 1. The van der Waals surface area contributed by atoms with E-state index in [2.05, 4.69) is 12.2 Å². The van der Waals surface area contributed by atoms with Crippen molar-refractivity contribution in [1.82, 2.24) is 0 Å². The van der Waals surface area contributed by atoms with Gasteiger partial charge in [-0.2, -0.15) is 0 Å². The van der Waals surface area contributed by atoms with Crippen LogP contribution in [0.15, 0.2) is 18.2 Å². The van der Waals surface area contributed by atoms with Crippen molar-refractivity contribution < 1.29 is 14.3 Å². The Kier molecular flexibility index (Phi) is 6.23. The van der Waals surface area contributed by atoms with Crippen molar-refractivity contribution in [2.24, 2.45) is 5.92 Å². The van der Waals surface area contributed by atoms with Crippen LogP contribution in [0.4, 0.5) is 5.69 Å². The lowest BCUT2D eigenvalue weighted by Crippen LogP contribution is -2.48. The number of nitrogens with one attached hydrogen (secondary N) is 1. The zero-order chi connectivity index (χ0) is 18.6. The van der Waals surface area contributed by atoms with Crippen LogP contribution >= 0.6 is 0 Å². The monoisotopic (exact) mass is 359 g/mol. The number of ether oxygens (including phenoxy) is 2. The molecule has 2 unspecified atom stereocenters. The maximum Gasteiger partial charge on any atom is 0.256 e. The Labute approximate surface area is 157 Å².